The second-order valence-corrected chi connectivity index (χ2v) is 20.7. The van der Waals surface area contributed by atoms with Gasteiger partial charge in [-0.2, -0.15) is 6.42 Å². The van der Waals surface area contributed by atoms with Crippen LogP contribution in [0.5, 0.6) is 0 Å². The van der Waals surface area contributed by atoms with Gasteiger partial charge in [0.05, 0.1) is 30.3 Å². The Morgan fingerprint density at radius 2 is 1.16 bits per heavy atom. The van der Waals surface area contributed by atoms with E-state index in [-0.39, 0.29) is 108 Å². The summed E-state index contributed by atoms with van der Waals surface area (Å²) in [4.78, 5) is 47.2. The molecule has 2 aromatic carbocycles. The van der Waals surface area contributed by atoms with Gasteiger partial charge in [-0.25, -0.2) is 0 Å². The van der Waals surface area contributed by atoms with E-state index < -0.39 is 0 Å². The molecule has 8 fully saturated rings. The van der Waals surface area contributed by atoms with E-state index in [1.54, 1.807) is 0 Å². The van der Waals surface area contributed by atoms with Crippen LogP contribution < -0.4 is 48.8 Å². The maximum Gasteiger partial charge on any atom is 1.00 e. The Hall–Kier alpha value is -2.28. The van der Waals surface area contributed by atoms with Crippen molar-refractivity contribution in [1.29, 1.82) is 0 Å². The number of carbonyl (C=O) groups is 4. The summed E-state index contributed by atoms with van der Waals surface area (Å²) in [6, 6.07) is 15.2. The van der Waals surface area contributed by atoms with E-state index in [1.807, 2.05) is 48.5 Å². The molecule has 2 saturated heterocycles. The molecule has 63 heavy (non-hydrogen) atoms. The molecule has 9 nitrogen and oxygen atoms in total. The second kappa shape index (κ2) is 19.5. The average Bonchev–Trinajstić information content (AvgIpc) is 4.16. The molecule has 11 aliphatic rings. The minimum absolute atomic E-state index is 0. The number of amides is 1. The minimum Gasteiger partial charge on any atom is -1.00 e. The molecule has 6 saturated carbocycles. The molecule has 9 aliphatic carbocycles. The number of hydrogen-bond acceptors (Lipinski definition) is 8. The third kappa shape index (κ3) is 8.64. The van der Waals surface area contributed by atoms with Crippen LogP contribution in [0.4, 0.5) is 11.4 Å². The maximum atomic E-state index is 12.7. The molecular weight excluding hydrogens is 913 g/mol. The largest absolute Gasteiger partial charge is 1.00 e. The van der Waals surface area contributed by atoms with Crippen LogP contribution in [0, 0.1) is 94.2 Å². The van der Waals surface area contributed by atoms with Gasteiger partial charge in [0, 0.05) is 47.2 Å². The number of carbonyl (C=O) groups excluding carboxylic acids is 4. The first-order valence-corrected chi connectivity index (χ1v) is 23.5. The number of fused-ring (bicyclic) bond motifs is 6. The van der Waals surface area contributed by atoms with Crippen LogP contribution in [0.2, 0.25) is 0 Å². The Balaban J connectivity index is 0.000000159. The number of nitrogens with two attached hydrogens (primary N) is 1. The van der Waals surface area contributed by atoms with Gasteiger partial charge >= 0.3 is 55.6 Å². The van der Waals surface area contributed by atoms with Crippen molar-refractivity contribution in [3.63, 3.8) is 0 Å². The summed E-state index contributed by atoms with van der Waals surface area (Å²) in [5.41, 5.74) is 8.15. The van der Waals surface area contributed by atoms with Gasteiger partial charge in [0.2, 0.25) is 5.91 Å². The monoisotopic (exact) mass is 967 g/mol. The molecule has 2 aromatic rings. The van der Waals surface area contributed by atoms with Gasteiger partial charge in [-0.05, 0) is 139 Å². The molecule has 6 bridgehead atoms. The van der Waals surface area contributed by atoms with Crippen molar-refractivity contribution in [3.05, 3.63) is 101 Å². The van der Waals surface area contributed by atoms with Crippen molar-refractivity contribution in [2.45, 2.75) is 58.3 Å². The van der Waals surface area contributed by atoms with E-state index in [9.17, 15) is 24.3 Å². The molecule has 0 aromatic heterocycles. The molecule has 14 heteroatoms. The Morgan fingerprint density at radius 3 is 1.62 bits per heavy atom. The smallest absolute Gasteiger partial charge is 1.00 e. The fraction of sp³-hybridized carbons (Fsp3) is 0.531. The number of esters is 3. The predicted octanol–water partition coefficient (Wildman–Crippen LogP) is 2.87. The van der Waals surface area contributed by atoms with Crippen molar-refractivity contribution in [2.24, 2.45) is 87.3 Å². The number of ether oxygens (including phenoxy) is 2. The Morgan fingerprint density at radius 1 is 0.730 bits per heavy atom. The van der Waals surface area contributed by atoms with Crippen molar-refractivity contribution in [2.75, 3.05) is 24.3 Å². The zero-order valence-electron chi connectivity index (χ0n) is 37.6. The molecule has 12 unspecified atom stereocenters. The first-order valence-electron chi connectivity index (χ1n) is 21.9. The number of aliphatic hydroxyl groups excluding tert-OH is 1. The van der Waals surface area contributed by atoms with Crippen LogP contribution in [0.15, 0.2) is 93.9 Å². The molecular formula is C49H56BBr2Li2N2O7. The normalized spacial score (nSPS) is 35.1. The molecule has 12 atom stereocenters. The second-order valence-electron chi connectivity index (χ2n) is 18.9. The number of unbranched alkanes of at least 4 members (excludes halogenated alkanes) is 1. The van der Waals surface area contributed by atoms with Crippen molar-refractivity contribution >= 4 is 75.5 Å². The summed E-state index contributed by atoms with van der Waals surface area (Å²) in [7, 11) is 0. The molecule has 1 amide bonds. The van der Waals surface area contributed by atoms with Gasteiger partial charge in [0.25, 0.3) is 0 Å². The quantitative estimate of drug-likeness (QED) is 0.106. The Kier molecular flexibility index (Phi) is 15.5. The number of nitrogen functional groups attached to an aromatic ring is 1. The van der Waals surface area contributed by atoms with Crippen molar-refractivity contribution < 1.29 is 72.9 Å². The van der Waals surface area contributed by atoms with Crippen LogP contribution in [-0.2, 0) is 28.7 Å². The van der Waals surface area contributed by atoms with Gasteiger partial charge in [-0.3, -0.25) is 19.2 Å². The number of anilines is 2. The summed E-state index contributed by atoms with van der Waals surface area (Å²) < 4.78 is 11.9. The van der Waals surface area contributed by atoms with E-state index >= 15 is 0 Å². The third-order valence-corrected chi connectivity index (χ3v) is 17.2. The van der Waals surface area contributed by atoms with Gasteiger partial charge in [0.1, 0.15) is 0 Å². The molecule has 2 aliphatic heterocycles. The van der Waals surface area contributed by atoms with Crippen LogP contribution in [0.25, 0.3) is 0 Å². The fourth-order valence-corrected chi connectivity index (χ4v) is 13.4. The fourth-order valence-electron chi connectivity index (χ4n) is 12.9. The topological polar surface area (TPSA) is 145 Å². The van der Waals surface area contributed by atoms with Crippen LogP contribution in [0.3, 0.4) is 0 Å². The SMILES string of the molecule is Nc1ccc(Br)cc1.O=C(Nc1ccc(Br)cc1)C1C(CO)C2C=CC1C21CC1.O=C1OC(=O)C2C1C1C=CC2C12CC2.O=C1OCC2C1C1C=CC2C12CC2.[B].[CH2-]CCC.[H-].[Li+].[Li+]. The maximum absolute atomic E-state index is 12.7. The molecule has 13 rings (SSSR count). The summed E-state index contributed by atoms with van der Waals surface area (Å²) in [6.07, 6.45) is 23.1. The number of nitrogens with one attached hydrogen (secondary N) is 1. The van der Waals surface area contributed by atoms with E-state index in [2.05, 4.69) is 87.5 Å². The molecule has 3 radical (unpaired) electrons. The summed E-state index contributed by atoms with van der Waals surface area (Å²) in [6.45, 7) is 6.52. The number of hydrogen-bond donors (Lipinski definition) is 3. The first kappa shape index (κ1) is 50.1. The number of allylic oxidation sites excluding steroid dienone is 6. The van der Waals surface area contributed by atoms with Crippen molar-refractivity contribution in [3.8, 4) is 0 Å². The number of halogens is 2. The predicted molar refractivity (Wildman–Crippen MR) is 242 cm³/mol. The summed E-state index contributed by atoms with van der Waals surface area (Å²) in [5, 5.41) is 12.8. The first-order chi connectivity index (χ1) is 28.9. The number of benzene rings is 2. The van der Waals surface area contributed by atoms with Gasteiger partial charge in [-0.1, -0.05) is 81.7 Å². The van der Waals surface area contributed by atoms with Crippen LogP contribution in [0.1, 0.15) is 59.7 Å². The Bertz CT molecular complexity index is 2080. The molecule has 4 N–H and O–H groups in total. The van der Waals surface area contributed by atoms with E-state index in [0.29, 0.717) is 64.3 Å². The molecule has 323 valence electrons. The van der Waals surface area contributed by atoms with Crippen LogP contribution in [-0.4, -0.2) is 50.5 Å². The zero-order valence-corrected chi connectivity index (χ0v) is 39.8. The van der Waals surface area contributed by atoms with Gasteiger partial charge in [0.15, 0.2) is 0 Å². The number of aliphatic hydroxyl groups is 1. The number of cyclic esters (lactones) is 3. The third-order valence-electron chi connectivity index (χ3n) is 16.1. The summed E-state index contributed by atoms with van der Waals surface area (Å²) >= 11 is 6.68. The van der Waals surface area contributed by atoms with E-state index in [4.69, 9.17) is 15.2 Å². The molecule has 2 heterocycles. The average molecular weight is 969 g/mol. The van der Waals surface area contributed by atoms with Crippen LogP contribution >= 0.6 is 31.9 Å². The standard InChI is InChI=1S/C17H18BrNO2.C11H10O3.C11H12O2.C6H6BrN.C4H9.B.2Li.H/c18-10-1-3-11(4-2-10)19-16(21)15-12(9-20)13-5-6-14(15)17(13)7-8-17;12-9-7-5-1-2-6(11(5)3-4-11)8(7)10(13)14-9;12-10-9-6(5-13-10)7-1-2-8(9)11(7)3-4-11;7-5-1-3-6(8)4-2-5;1-3-4-2;;;;/h1-6,12-15,20H,7-9H2,(H,19,21);1-2,5-8H,3-4H2;1-2,6-9H,3-5H2;1-4H,8H2;1,3-4H2,2H3;;;;/q;;;;-1;;2*+1;-1. The van der Waals surface area contributed by atoms with Gasteiger partial charge < -0.3 is 34.0 Å². The molecule has 3 spiro atoms. The Labute approximate surface area is 416 Å². The number of rotatable bonds is 4. The van der Waals surface area contributed by atoms with E-state index in [0.717, 1.165) is 26.7 Å². The van der Waals surface area contributed by atoms with Crippen molar-refractivity contribution in [1.82, 2.24) is 0 Å². The summed E-state index contributed by atoms with van der Waals surface area (Å²) in [5.74, 6) is 2.60. The zero-order chi connectivity index (χ0) is 42.1. The minimum atomic E-state index is -0.275. The van der Waals surface area contributed by atoms with E-state index in [1.165, 1.54) is 44.9 Å². The van der Waals surface area contributed by atoms with Gasteiger partial charge in [-0.15, -0.1) is 0 Å².